The normalized spacial score (nSPS) is 10.4. The van der Waals surface area contributed by atoms with Gasteiger partial charge >= 0.3 is 5.97 Å². The van der Waals surface area contributed by atoms with Crippen molar-refractivity contribution in [2.24, 2.45) is 0 Å². The lowest BCUT2D eigenvalue weighted by Gasteiger charge is -2.09. The first-order chi connectivity index (χ1) is 9.38. The van der Waals surface area contributed by atoms with E-state index in [4.69, 9.17) is 27.9 Å². The molecule has 2 aromatic carbocycles. The maximum Gasteiger partial charge on any atom is 0.343 e. The van der Waals surface area contributed by atoms with Crippen LogP contribution >= 0.6 is 23.2 Å². The smallest absolute Gasteiger partial charge is 0.343 e. The summed E-state index contributed by atoms with van der Waals surface area (Å²) >= 11 is 11.7. The highest BCUT2D eigenvalue weighted by molar-refractivity contribution is 6.35. The number of phenols is 1. The van der Waals surface area contributed by atoms with Gasteiger partial charge in [-0.3, -0.25) is 0 Å². The molecule has 0 unspecified atom stereocenters. The Kier molecular flexibility index (Phi) is 4.21. The van der Waals surface area contributed by atoms with Crippen molar-refractivity contribution in [2.45, 2.75) is 13.8 Å². The molecule has 3 nitrogen and oxygen atoms in total. The first-order valence-electron chi connectivity index (χ1n) is 5.86. The summed E-state index contributed by atoms with van der Waals surface area (Å²) in [5.41, 5.74) is 1.57. The average molecular weight is 311 g/mol. The molecule has 0 aliphatic rings. The van der Waals surface area contributed by atoms with E-state index in [0.29, 0.717) is 21.7 Å². The van der Waals surface area contributed by atoms with Gasteiger partial charge in [0, 0.05) is 5.02 Å². The Morgan fingerprint density at radius 2 is 1.70 bits per heavy atom. The van der Waals surface area contributed by atoms with Crippen LogP contribution in [0.15, 0.2) is 30.3 Å². The van der Waals surface area contributed by atoms with Gasteiger partial charge in [0.1, 0.15) is 11.5 Å². The molecule has 1 N–H and O–H groups in total. The van der Waals surface area contributed by atoms with E-state index in [1.165, 1.54) is 12.1 Å². The molecule has 0 bridgehead atoms. The fraction of sp³-hybridized carbons (Fsp3) is 0.133. The lowest BCUT2D eigenvalue weighted by atomic mass is 10.1. The van der Waals surface area contributed by atoms with Gasteiger partial charge in [-0.05, 0) is 55.3 Å². The van der Waals surface area contributed by atoms with Crippen LogP contribution in [0.1, 0.15) is 21.5 Å². The van der Waals surface area contributed by atoms with Crippen molar-refractivity contribution in [3.05, 3.63) is 57.1 Å². The number of hydrogen-bond donors (Lipinski definition) is 1. The molecule has 0 fully saturated rings. The summed E-state index contributed by atoms with van der Waals surface area (Å²) < 4.78 is 5.22. The minimum Gasteiger partial charge on any atom is -0.507 e. The third kappa shape index (κ3) is 3.06. The molecule has 0 saturated carbocycles. The number of aromatic hydroxyl groups is 1. The van der Waals surface area contributed by atoms with Gasteiger partial charge in [0.05, 0.1) is 10.6 Å². The number of phenolic OH excluding ortho intramolecular Hbond substituents is 1. The summed E-state index contributed by atoms with van der Waals surface area (Å²) in [6.45, 7) is 3.43. The predicted octanol–water partition coefficient (Wildman–Crippen LogP) is 4.54. The summed E-state index contributed by atoms with van der Waals surface area (Å²) in [5, 5.41) is 10.4. The van der Waals surface area contributed by atoms with E-state index >= 15 is 0 Å². The lowest BCUT2D eigenvalue weighted by Crippen LogP contribution is -2.09. The number of rotatable bonds is 2. The van der Waals surface area contributed by atoms with Gasteiger partial charge < -0.3 is 9.84 Å². The zero-order valence-corrected chi connectivity index (χ0v) is 12.4. The molecule has 5 heteroatoms. The van der Waals surface area contributed by atoms with Crippen LogP contribution in [0.5, 0.6) is 11.5 Å². The first kappa shape index (κ1) is 14.7. The summed E-state index contributed by atoms with van der Waals surface area (Å²) in [6.07, 6.45) is 0. The Morgan fingerprint density at radius 1 is 1.10 bits per heavy atom. The highest BCUT2D eigenvalue weighted by Crippen LogP contribution is 2.29. The number of benzene rings is 2. The fourth-order valence-electron chi connectivity index (χ4n) is 1.79. The molecule has 0 aromatic heterocycles. The standard InChI is InChI=1S/C15H12Cl2O3/c1-8-5-10(6-9(2)14(8)18)15(19)20-13-4-3-11(16)7-12(13)17/h3-7,18H,1-2H3. The van der Waals surface area contributed by atoms with Crippen molar-refractivity contribution in [1.82, 2.24) is 0 Å². The van der Waals surface area contributed by atoms with Crippen LogP contribution in [-0.4, -0.2) is 11.1 Å². The summed E-state index contributed by atoms with van der Waals surface area (Å²) in [7, 11) is 0. The number of hydrogen-bond acceptors (Lipinski definition) is 3. The summed E-state index contributed by atoms with van der Waals surface area (Å²) in [5.74, 6) is -0.129. The second-order valence-electron chi connectivity index (χ2n) is 4.42. The number of ether oxygens (including phenoxy) is 1. The van der Waals surface area contributed by atoms with Crippen molar-refractivity contribution in [3.8, 4) is 11.5 Å². The highest BCUT2D eigenvalue weighted by atomic mass is 35.5. The van der Waals surface area contributed by atoms with E-state index in [2.05, 4.69) is 0 Å². The van der Waals surface area contributed by atoms with Gasteiger partial charge in [-0.15, -0.1) is 0 Å². The average Bonchev–Trinajstić information content (AvgIpc) is 2.38. The van der Waals surface area contributed by atoms with E-state index in [1.807, 2.05) is 0 Å². The monoisotopic (exact) mass is 310 g/mol. The second kappa shape index (κ2) is 5.73. The number of esters is 1. The van der Waals surface area contributed by atoms with Gasteiger partial charge in [-0.25, -0.2) is 4.79 Å². The Labute approximate surface area is 126 Å². The Hall–Kier alpha value is -1.71. The summed E-state index contributed by atoms with van der Waals surface area (Å²) in [6, 6.07) is 7.74. The minimum absolute atomic E-state index is 0.172. The van der Waals surface area contributed by atoms with Crippen LogP contribution in [0.3, 0.4) is 0 Å². The number of carbonyl (C=O) groups excluding carboxylic acids is 1. The van der Waals surface area contributed by atoms with Crippen LogP contribution in [0.2, 0.25) is 10.0 Å². The number of halogens is 2. The Bertz CT molecular complexity index is 658. The van der Waals surface area contributed by atoms with E-state index in [0.717, 1.165) is 0 Å². The molecule has 2 aromatic rings. The highest BCUT2D eigenvalue weighted by Gasteiger charge is 2.14. The molecule has 0 aliphatic carbocycles. The fourth-order valence-corrected chi connectivity index (χ4v) is 2.24. The SMILES string of the molecule is Cc1cc(C(=O)Oc2ccc(Cl)cc2Cl)cc(C)c1O. The van der Waals surface area contributed by atoms with Crippen LogP contribution in [0.4, 0.5) is 0 Å². The van der Waals surface area contributed by atoms with E-state index in [1.54, 1.807) is 32.0 Å². The molecule has 0 spiro atoms. The molecule has 0 atom stereocenters. The molecular formula is C15H12Cl2O3. The van der Waals surface area contributed by atoms with Crippen molar-refractivity contribution >= 4 is 29.2 Å². The van der Waals surface area contributed by atoms with Crippen molar-refractivity contribution in [3.63, 3.8) is 0 Å². The predicted molar refractivity (Wildman–Crippen MR) is 79.0 cm³/mol. The van der Waals surface area contributed by atoms with Crippen LogP contribution in [0, 0.1) is 13.8 Å². The van der Waals surface area contributed by atoms with E-state index in [9.17, 15) is 9.90 Å². The zero-order chi connectivity index (χ0) is 14.9. The largest absolute Gasteiger partial charge is 0.507 e. The Morgan fingerprint density at radius 3 is 2.25 bits per heavy atom. The van der Waals surface area contributed by atoms with Crippen LogP contribution in [-0.2, 0) is 0 Å². The maximum absolute atomic E-state index is 12.1. The lowest BCUT2D eigenvalue weighted by molar-refractivity contribution is 0.0734. The third-order valence-electron chi connectivity index (χ3n) is 2.82. The van der Waals surface area contributed by atoms with Crippen molar-refractivity contribution < 1.29 is 14.6 Å². The summed E-state index contributed by atoms with van der Waals surface area (Å²) in [4.78, 5) is 12.1. The van der Waals surface area contributed by atoms with Gasteiger partial charge in [-0.1, -0.05) is 23.2 Å². The van der Waals surface area contributed by atoms with Gasteiger partial charge in [-0.2, -0.15) is 0 Å². The topological polar surface area (TPSA) is 46.5 Å². The minimum atomic E-state index is -0.541. The first-order valence-corrected chi connectivity index (χ1v) is 6.61. The van der Waals surface area contributed by atoms with Crippen LogP contribution in [0.25, 0.3) is 0 Å². The van der Waals surface area contributed by atoms with E-state index in [-0.39, 0.29) is 16.5 Å². The molecule has 0 saturated heterocycles. The molecule has 0 amide bonds. The molecule has 104 valence electrons. The van der Waals surface area contributed by atoms with Gasteiger partial charge in [0.15, 0.2) is 0 Å². The van der Waals surface area contributed by atoms with Gasteiger partial charge in [0.2, 0.25) is 0 Å². The quantitative estimate of drug-likeness (QED) is 0.654. The molecule has 0 aliphatic heterocycles. The molecule has 0 heterocycles. The third-order valence-corrected chi connectivity index (χ3v) is 3.35. The molecule has 2 rings (SSSR count). The van der Waals surface area contributed by atoms with Gasteiger partial charge in [0.25, 0.3) is 0 Å². The zero-order valence-electron chi connectivity index (χ0n) is 10.9. The van der Waals surface area contributed by atoms with Crippen LogP contribution < -0.4 is 4.74 Å². The maximum atomic E-state index is 12.1. The number of aryl methyl sites for hydroxylation is 2. The Balaban J connectivity index is 2.28. The van der Waals surface area contributed by atoms with E-state index < -0.39 is 5.97 Å². The molecule has 20 heavy (non-hydrogen) atoms. The number of carbonyl (C=O) groups is 1. The van der Waals surface area contributed by atoms with Crippen molar-refractivity contribution in [2.75, 3.05) is 0 Å². The molecule has 0 radical (unpaired) electrons. The second-order valence-corrected chi connectivity index (χ2v) is 5.27. The molecular weight excluding hydrogens is 299 g/mol. The van der Waals surface area contributed by atoms with Crippen molar-refractivity contribution in [1.29, 1.82) is 0 Å².